The SMILES string of the molecule is C=CCn1nc(C(=O)N2CCCCC2)c2c1CCC(NCCc1ccncc1)C2. The first-order chi connectivity index (χ1) is 14.3. The highest BCUT2D eigenvalue weighted by Crippen LogP contribution is 2.27. The van der Waals surface area contributed by atoms with Crippen LogP contribution in [0.15, 0.2) is 37.2 Å². The number of allylic oxidation sites excluding steroid dienone is 1. The summed E-state index contributed by atoms with van der Waals surface area (Å²) < 4.78 is 1.99. The number of pyridine rings is 1. The molecule has 2 aliphatic rings. The van der Waals surface area contributed by atoms with Crippen LogP contribution in [0, 0.1) is 0 Å². The molecule has 6 heteroatoms. The Kier molecular flexibility index (Phi) is 6.39. The third-order valence-electron chi connectivity index (χ3n) is 6.09. The summed E-state index contributed by atoms with van der Waals surface area (Å²) in [6, 6.07) is 4.52. The fourth-order valence-electron chi connectivity index (χ4n) is 4.52. The second-order valence-electron chi connectivity index (χ2n) is 8.10. The van der Waals surface area contributed by atoms with Crippen molar-refractivity contribution in [3.8, 4) is 0 Å². The number of hydrogen-bond donors (Lipinski definition) is 1. The zero-order chi connectivity index (χ0) is 20.1. The molecule has 0 radical (unpaired) electrons. The maximum absolute atomic E-state index is 13.2. The summed E-state index contributed by atoms with van der Waals surface area (Å²) in [5.74, 6) is 0.112. The van der Waals surface area contributed by atoms with Gasteiger partial charge in [-0.05, 0) is 69.2 Å². The Morgan fingerprint density at radius 1 is 1.24 bits per heavy atom. The summed E-state index contributed by atoms with van der Waals surface area (Å²) >= 11 is 0. The summed E-state index contributed by atoms with van der Waals surface area (Å²) in [6.45, 7) is 7.17. The van der Waals surface area contributed by atoms with E-state index in [2.05, 4.69) is 29.0 Å². The van der Waals surface area contributed by atoms with Crippen molar-refractivity contribution in [3.63, 3.8) is 0 Å². The van der Waals surface area contributed by atoms with Crippen LogP contribution < -0.4 is 5.32 Å². The smallest absolute Gasteiger partial charge is 0.274 e. The van der Waals surface area contributed by atoms with Gasteiger partial charge in [0.2, 0.25) is 0 Å². The van der Waals surface area contributed by atoms with Crippen LogP contribution in [0.2, 0.25) is 0 Å². The molecule has 3 heterocycles. The molecule has 4 rings (SSSR count). The van der Waals surface area contributed by atoms with Gasteiger partial charge in [-0.15, -0.1) is 6.58 Å². The lowest BCUT2D eigenvalue weighted by molar-refractivity contribution is 0.0716. The molecule has 2 aromatic heterocycles. The highest BCUT2D eigenvalue weighted by atomic mass is 16.2. The minimum atomic E-state index is 0.112. The van der Waals surface area contributed by atoms with Crippen molar-refractivity contribution in [2.75, 3.05) is 19.6 Å². The second-order valence-corrected chi connectivity index (χ2v) is 8.10. The van der Waals surface area contributed by atoms with E-state index in [0.29, 0.717) is 18.3 Å². The predicted octanol–water partition coefficient (Wildman–Crippen LogP) is 2.78. The normalized spacial score (nSPS) is 19.0. The van der Waals surface area contributed by atoms with E-state index in [0.717, 1.165) is 63.7 Å². The minimum Gasteiger partial charge on any atom is -0.337 e. The number of carbonyl (C=O) groups is 1. The van der Waals surface area contributed by atoms with E-state index >= 15 is 0 Å². The van der Waals surface area contributed by atoms with Crippen LogP contribution in [-0.2, 0) is 25.8 Å². The van der Waals surface area contributed by atoms with E-state index < -0.39 is 0 Å². The number of rotatable bonds is 7. The number of carbonyl (C=O) groups excluding carboxylic acids is 1. The molecule has 1 aliphatic heterocycles. The summed E-state index contributed by atoms with van der Waals surface area (Å²) in [4.78, 5) is 19.3. The van der Waals surface area contributed by atoms with Gasteiger partial charge in [0.1, 0.15) is 0 Å². The van der Waals surface area contributed by atoms with Crippen molar-refractivity contribution in [1.82, 2.24) is 25.0 Å². The lowest BCUT2D eigenvalue weighted by Gasteiger charge is -2.27. The molecule has 1 aliphatic carbocycles. The molecule has 154 valence electrons. The van der Waals surface area contributed by atoms with Gasteiger partial charge in [-0.3, -0.25) is 14.5 Å². The molecule has 0 saturated carbocycles. The lowest BCUT2D eigenvalue weighted by atomic mass is 9.90. The van der Waals surface area contributed by atoms with Gasteiger partial charge >= 0.3 is 0 Å². The van der Waals surface area contributed by atoms with E-state index in [4.69, 9.17) is 5.10 Å². The average molecular weight is 394 g/mol. The standard InChI is InChI=1S/C23H31N5O/c1-2-14-28-21-7-6-19(25-13-10-18-8-11-24-12-9-18)17-20(21)22(26-28)23(29)27-15-4-3-5-16-27/h2,8-9,11-12,19,25H,1,3-7,10,13-17H2. The van der Waals surface area contributed by atoms with Crippen molar-refractivity contribution in [2.24, 2.45) is 0 Å². The Morgan fingerprint density at radius 3 is 2.79 bits per heavy atom. The fourth-order valence-corrected chi connectivity index (χ4v) is 4.52. The zero-order valence-corrected chi connectivity index (χ0v) is 17.1. The van der Waals surface area contributed by atoms with Gasteiger partial charge < -0.3 is 10.2 Å². The molecule has 1 N–H and O–H groups in total. The van der Waals surface area contributed by atoms with Crippen LogP contribution in [0.5, 0.6) is 0 Å². The Labute approximate surface area is 173 Å². The molecule has 0 bridgehead atoms. The molecular formula is C23H31N5O. The molecule has 29 heavy (non-hydrogen) atoms. The number of nitrogens with one attached hydrogen (secondary N) is 1. The third kappa shape index (κ3) is 4.58. The van der Waals surface area contributed by atoms with Crippen LogP contribution in [0.3, 0.4) is 0 Å². The molecule has 1 atom stereocenters. The molecule has 1 saturated heterocycles. The van der Waals surface area contributed by atoms with Crippen molar-refractivity contribution in [2.45, 2.75) is 57.5 Å². The average Bonchev–Trinajstić information content (AvgIpc) is 3.13. The fraction of sp³-hybridized carbons (Fsp3) is 0.522. The highest BCUT2D eigenvalue weighted by molar-refractivity contribution is 5.94. The van der Waals surface area contributed by atoms with Crippen molar-refractivity contribution in [1.29, 1.82) is 0 Å². The molecule has 1 fully saturated rings. The van der Waals surface area contributed by atoms with Crippen LogP contribution in [0.4, 0.5) is 0 Å². The quantitative estimate of drug-likeness (QED) is 0.735. The Balaban J connectivity index is 1.46. The molecule has 6 nitrogen and oxygen atoms in total. The number of likely N-dealkylation sites (tertiary alicyclic amines) is 1. The summed E-state index contributed by atoms with van der Waals surface area (Å²) in [5, 5.41) is 8.43. The van der Waals surface area contributed by atoms with E-state index in [1.807, 2.05) is 28.1 Å². The van der Waals surface area contributed by atoms with Gasteiger partial charge in [0.25, 0.3) is 5.91 Å². The molecule has 0 spiro atoms. The number of hydrogen-bond acceptors (Lipinski definition) is 4. The predicted molar refractivity (Wildman–Crippen MR) is 114 cm³/mol. The van der Waals surface area contributed by atoms with Gasteiger partial charge in [0.15, 0.2) is 5.69 Å². The maximum atomic E-state index is 13.2. The lowest BCUT2D eigenvalue weighted by Crippen LogP contribution is -2.38. The highest BCUT2D eigenvalue weighted by Gasteiger charge is 2.31. The largest absolute Gasteiger partial charge is 0.337 e. The van der Waals surface area contributed by atoms with Crippen molar-refractivity contribution in [3.05, 3.63) is 59.7 Å². The minimum absolute atomic E-state index is 0.112. The van der Waals surface area contributed by atoms with E-state index in [-0.39, 0.29) is 5.91 Å². The topological polar surface area (TPSA) is 63.1 Å². The summed E-state index contributed by atoms with van der Waals surface area (Å²) in [6.07, 6.45) is 12.8. The van der Waals surface area contributed by atoms with E-state index in [9.17, 15) is 4.79 Å². The monoisotopic (exact) mass is 393 g/mol. The summed E-state index contributed by atoms with van der Waals surface area (Å²) in [7, 11) is 0. The van der Waals surface area contributed by atoms with E-state index in [1.54, 1.807) is 0 Å². The molecule has 0 aromatic carbocycles. The first-order valence-corrected chi connectivity index (χ1v) is 10.9. The van der Waals surface area contributed by atoms with E-state index in [1.165, 1.54) is 17.7 Å². The third-order valence-corrected chi connectivity index (χ3v) is 6.09. The first kappa shape index (κ1) is 19.8. The van der Waals surface area contributed by atoms with Crippen molar-refractivity contribution < 1.29 is 4.79 Å². The first-order valence-electron chi connectivity index (χ1n) is 10.9. The number of nitrogens with zero attached hydrogens (tertiary/aromatic N) is 4. The molecule has 1 amide bonds. The summed E-state index contributed by atoms with van der Waals surface area (Å²) in [5.41, 5.74) is 4.33. The van der Waals surface area contributed by atoms with Gasteiger partial charge in [-0.25, -0.2) is 0 Å². The Morgan fingerprint density at radius 2 is 2.03 bits per heavy atom. The van der Waals surface area contributed by atoms with Crippen LogP contribution in [-0.4, -0.2) is 51.2 Å². The van der Waals surface area contributed by atoms with Crippen LogP contribution >= 0.6 is 0 Å². The van der Waals surface area contributed by atoms with Gasteiger partial charge in [0.05, 0.1) is 6.54 Å². The Hall–Kier alpha value is -2.47. The van der Waals surface area contributed by atoms with Crippen molar-refractivity contribution >= 4 is 5.91 Å². The maximum Gasteiger partial charge on any atom is 0.274 e. The number of amides is 1. The van der Waals surface area contributed by atoms with Gasteiger partial charge in [-0.1, -0.05) is 6.08 Å². The molecule has 1 unspecified atom stereocenters. The number of aromatic nitrogens is 3. The van der Waals surface area contributed by atoms with Gasteiger partial charge in [0, 0.05) is 42.8 Å². The van der Waals surface area contributed by atoms with Gasteiger partial charge in [-0.2, -0.15) is 5.10 Å². The number of fused-ring (bicyclic) bond motifs is 1. The molecule has 2 aromatic rings. The number of piperidine rings is 1. The Bertz CT molecular complexity index is 838. The molecular weight excluding hydrogens is 362 g/mol. The van der Waals surface area contributed by atoms with Crippen LogP contribution in [0.25, 0.3) is 0 Å². The zero-order valence-electron chi connectivity index (χ0n) is 17.1. The second kappa shape index (κ2) is 9.35. The van der Waals surface area contributed by atoms with Crippen LogP contribution in [0.1, 0.15) is 53.0 Å².